The number of hydrogen-bond acceptors (Lipinski definition) is 4. The summed E-state index contributed by atoms with van der Waals surface area (Å²) in [5.74, 6) is -0.386. The summed E-state index contributed by atoms with van der Waals surface area (Å²) in [5.41, 5.74) is 6.39. The van der Waals surface area contributed by atoms with Gasteiger partial charge in [-0.3, -0.25) is 4.79 Å². The van der Waals surface area contributed by atoms with Gasteiger partial charge in [-0.1, -0.05) is 0 Å². The van der Waals surface area contributed by atoms with E-state index in [1.807, 2.05) is 0 Å². The number of nitrogens with one attached hydrogen (secondary N) is 1. The third kappa shape index (κ3) is 5.95. The highest BCUT2D eigenvalue weighted by Gasteiger charge is 2.17. The first-order valence-electron chi connectivity index (χ1n) is 4.53. The summed E-state index contributed by atoms with van der Waals surface area (Å²) in [4.78, 5) is 18.1. The molecule has 16 heavy (non-hydrogen) atoms. The number of nitrogens with two attached hydrogens (primary N) is 1. The van der Waals surface area contributed by atoms with Gasteiger partial charge in [-0.15, -0.1) is 24.8 Å². The monoisotopic (exact) mass is 269 g/mol. The number of esters is 1. The van der Waals surface area contributed by atoms with E-state index in [1.165, 1.54) is 0 Å². The largest absolute Gasteiger partial charge is 0.462 e. The number of aromatic amines is 1. The van der Waals surface area contributed by atoms with Crippen molar-refractivity contribution < 1.29 is 9.53 Å². The lowest BCUT2D eigenvalue weighted by Crippen LogP contribution is -2.35. The van der Waals surface area contributed by atoms with Gasteiger partial charge in [0.05, 0.1) is 18.1 Å². The molecule has 3 N–H and O–H groups in total. The van der Waals surface area contributed by atoms with Crippen LogP contribution in [0.15, 0.2) is 12.5 Å². The molecule has 1 rings (SSSR count). The molecule has 1 atom stereocenters. The lowest BCUT2D eigenvalue weighted by atomic mass is 10.2. The van der Waals surface area contributed by atoms with Crippen LogP contribution >= 0.6 is 24.8 Å². The van der Waals surface area contributed by atoms with Gasteiger partial charge in [0.25, 0.3) is 0 Å². The maximum absolute atomic E-state index is 11.3. The van der Waals surface area contributed by atoms with Gasteiger partial charge in [0.1, 0.15) is 6.04 Å². The lowest BCUT2D eigenvalue weighted by molar-refractivity contribution is -0.148. The second kappa shape index (κ2) is 8.38. The van der Waals surface area contributed by atoms with Crippen LogP contribution in [0.5, 0.6) is 0 Å². The van der Waals surface area contributed by atoms with Crippen LogP contribution < -0.4 is 5.73 Å². The summed E-state index contributed by atoms with van der Waals surface area (Å²) in [7, 11) is 0. The van der Waals surface area contributed by atoms with Crippen molar-refractivity contribution in [1.29, 1.82) is 0 Å². The first kappa shape index (κ1) is 17.6. The molecular weight excluding hydrogens is 253 g/mol. The summed E-state index contributed by atoms with van der Waals surface area (Å²) < 4.78 is 4.96. The van der Waals surface area contributed by atoms with Crippen LogP contribution in [0.25, 0.3) is 0 Å². The molecule has 0 spiro atoms. The van der Waals surface area contributed by atoms with Crippen LogP contribution in [0.2, 0.25) is 0 Å². The Balaban J connectivity index is 0. The van der Waals surface area contributed by atoms with E-state index in [0.29, 0.717) is 6.42 Å². The van der Waals surface area contributed by atoms with E-state index in [9.17, 15) is 4.79 Å². The van der Waals surface area contributed by atoms with Crippen LogP contribution in [-0.2, 0) is 16.0 Å². The Morgan fingerprint density at radius 1 is 1.56 bits per heavy atom. The van der Waals surface area contributed by atoms with Crippen molar-refractivity contribution in [3.8, 4) is 0 Å². The maximum Gasteiger partial charge on any atom is 0.323 e. The number of carbonyl (C=O) groups excluding carboxylic acids is 1. The minimum absolute atomic E-state index is 0. The Bertz CT molecular complexity index is 291. The number of carbonyl (C=O) groups is 1. The van der Waals surface area contributed by atoms with E-state index in [0.717, 1.165) is 5.69 Å². The van der Waals surface area contributed by atoms with Crippen molar-refractivity contribution >= 4 is 30.8 Å². The molecule has 1 heterocycles. The van der Waals surface area contributed by atoms with Gasteiger partial charge in [0.2, 0.25) is 0 Å². The fourth-order valence-electron chi connectivity index (χ4n) is 1.03. The molecule has 94 valence electrons. The molecule has 0 aliphatic rings. The van der Waals surface area contributed by atoms with E-state index in [4.69, 9.17) is 10.5 Å². The molecule has 0 radical (unpaired) electrons. The SMILES string of the molecule is CC(C)OC(=O)C(N)Cc1c[nH]cn1.Cl.Cl. The number of rotatable bonds is 4. The summed E-state index contributed by atoms with van der Waals surface area (Å²) >= 11 is 0. The van der Waals surface area contributed by atoms with Gasteiger partial charge in [0, 0.05) is 12.6 Å². The number of ether oxygens (including phenoxy) is 1. The van der Waals surface area contributed by atoms with Crippen molar-refractivity contribution in [2.24, 2.45) is 5.73 Å². The van der Waals surface area contributed by atoms with E-state index < -0.39 is 6.04 Å². The van der Waals surface area contributed by atoms with Gasteiger partial charge in [0.15, 0.2) is 0 Å². The minimum atomic E-state index is -0.638. The molecule has 1 unspecified atom stereocenters. The number of aromatic nitrogens is 2. The van der Waals surface area contributed by atoms with Gasteiger partial charge in [-0.2, -0.15) is 0 Å². The molecule has 1 aromatic rings. The van der Waals surface area contributed by atoms with E-state index in [-0.39, 0.29) is 36.9 Å². The summed E-state index contributed by atoms with van der Waals surface area (Å²) in [6, 6.07) is -0.638. The van der Waals surface area contributed by atoms with E-state index in [1.54, 1.807) is 26.4 Å². The third-order valence-electron chi connectivity index (χ3n) is 1.64. The average Bonchev–Trinajstić information content (AvgIpc) is 2.55. The van der Waals surface area contributed by atoms with Gasteiger partial charge < -0.3 is 15.5 Å². The summed E-state index contributed by atoms with van der Waals surface area (Å²) in [6.07, 6.45) is 3.53. The van der Waals surface area contributed by atoms with E-state index >= 15 is 0 Å². The van der Waals surface area contributed by atoms with Crippen molar-refractivity contribution in [2.45, 2.75) is 32.4 Å². The first-order valence-corrected chi connectivity index (χ1v) is 4.53. The molecule has 5 nitrogen and oxygen atoms in total. The first-order chi connectivity index (χ1) is 6.59. The van der Waals surface area contributed by atoms with Crippen LogP contribution in [0, 0.1) is 0 Å². The topological polar surface area (TPSA) is 81.0 Å². The molecule has 7 heteroatoms. The predicted octanol–water partition coefficient (Wildman–Crippen LogP) is 1.07. The van der Waals surface area contributed by atoms with Gasteiger partial charge in [-0.25, -0.2) is 4.98 Å². The minimum Gasteiger partial charge on any atom is -0.462 e. The van der Waals surface area contributed by atoms with Crippen molar-refractivity contribution in [3.05, 3.63) is 18.2 Å². The number of nitrogens with zero attached hydrogens (tertiary/aromatic N) is 1. The van der Waals surface area contributed by atoms with Crippen molar-refractivity contribution in [2.75, 3.05) is 0 Å². The Labute approximate surface area is 107 Å². The summed E-state index contributed by atoms with van der Waals surface area (Å²) in [6.45, 7) is 3.58. The van der Waals surface area contributed by atoms with Crippen LogP contribution in [0.3, 0.4) is 0 Å². The molecule has 0 aliphatic carbocycles. The molecule has 0 bridgehead atoms. The van der Waals surface area contributed by atoms with Gasteiger partial charge in [-0.05, 0) is 13.8 Å². The number of imidazole rings is 1. The lowest BCUT2D eigenvalue weighted by Gasteiger charge is -2.12. The maximum atomic E-state index is 11.3. The Morgan fingerprint density at radius 3 is 2.62 bits per heavy atom. The second-order valence-electron chi connectivity index (χ2n) is 3.36. The quantitative estimate of drug-likeness (QED) is 0.802. The highest BCUT2D eigenvalue weighted by Crippen LogP contribution is 1.99. The third-order valence-corrected chi connectivity index (χ3v) is 1.64. The van der Waals surface area contributed by atoms with Gasteiger partial charge >= 0.3 is 5.97 Å². The Kier molecular flexibility index (Phi) is 9.22. The Morgan fingerprint density at radius 2 is 2.19 bits per heavy atom. The zero-order valence-corrected chi connectivity index (χ0v) is 10.8. The molecule has 0 amide bonds. The molecule has 0 saturated carbocycles. The molecule has 0 fully saturated rings. The number of H-pyrrole nitrogens is 1. The van der Waals surface area contributed by atoms with Crippen molar-refractivity contribution in [1.82, 2.24) is 9.97 Å². The molecule has 0 aromatic carbocycles. The highest BCUT2D eigenvalue weighted by molar-refractivity contribution is 5.85. The highest BCUT2D eigenvalue weighted by atomic mass is 35.5. The van der Waals surface area contributed by atoms with Crippen LogP contribution in [-0.4, -0.2) is 28.1 Å². The molecule has 0 saturated heterocycles. The fraction of sp³-hybridized carbons (Fsp3) is 0.556. The van der Waals surface area contributed by atoms with Crippen molar-refractivity contribution in [3.63, 3.8) is 0 Å². The average molecular weight is 270 g/mol. The predicted molar refractivity (Wildman–Crippen MR) is 66.0 cm³/mol. The zero-order valence-electron chi connectivity index (χ0n) is 9.17. The fourth-order valence-corrected chi connectivity index (χ4v) is 1.03. The molecule has 0 aliphatic heterocycles. The normalized spacial score (nSPS) is 11.2. The number of hydrogen-bond donors (Lipinski definition) is 2. The van der Waals surface area contributed by atoms with Crippen LogP contribution in [0.1, 0.15) is 19.5 Å². The molecule has 1 aromatic heterocycles. The zero-order chi connectivity index (χ0) is 10.6. The van der Waals surface area contributed by atoms with E-state index in [2.05, 4.69) is 9.97 Å². The molecular formula is C9H17Cl2N3O2. The second-order valence-corrected chi connectivity index (χ2v) is 3.36. The summed E-state index contributed by atoms with van der Waals surface area (Å²) in [5, 5.41) is 0. The smallest absolute Gasteiger partial charge is 0.323 e. The Hall–Kier alpha value is -0.780. The standard InChI is InChI=1S/C9H15N3O2.2ClH/c1-6(2)14-9(13)8(10)3-7-4-11-5-12-7;;/h4-6,8H,3,10H2,1-2H3,(H,11,12);2*1H. The number of halogens is 2. The van der Waals surface area contributed by atoms with Crippen LogP contribution in [0.4, 0.5) is 0 Å².